The number of allylic oxidation sites excluding steroid dienone is 1. The van der Waals surface area contributed by atoms with Gasteiger partial charge in [0, 0.05) is 73.4 Å². The molecule has 2 aliphatic heterocycles. The molecule has 0 radical (unpaired) electrons. The van der Waals surface area contributed by atoms with Crippen LogP contribution in [0, 0.1) is 13.8 Å². The highest BCUT2D eigenvalue weighted by atomic mass is 16.5. The van der Waals surface area contributed by atoms with E-state index in [-0.39, 0.29) is 5.78 Å². The quantitative estimate of drug-likeness (QED) is 0.742. The van der Waals surface area contributed by atoms with E-state index in [4.69, 9.17) is 4.52 Å². The Kier molecular flexibility index (Phi) is 5.22. The molecule has 3 aliphatic rings. The Hall–Kier alpha value is -2.80. The van der Waals surface area contributed by atoms with Crippen LogP contribution in [-0.2, 0) is 11.2 Å². The van der Waals surface area contributed by atoms with Gasteiger partial charge < -0.3 is 9.42 Å². The van der Waals surface area contributed by atoms with E-state index < -0.39 is 6.04 Å². The van der Waals surface area contributed by atoms with E-state index in [9.17, 15) is 4.79 Å². The summed E-state index contributed by atoms with van der Waals surface area (Å²) >= 11 is 0. The predicted molar refractivity (Wildman–Crippen MR) is 119 cm³/mol. The zero-order valence-electron chi connectivity index (χ0n) is 18.4. The van der Waals surface area contributed by atoms with Crippen LogP contribution in [0.3, 0.4) is 0 Å². The minimum atomic E-state index is -0.441. The molecular weight excluding hydrogens is 390 g/mol. The summed E-state index contributed by atoms with van der Waals surface area (Å²) in [5.74, 6) is 0.765. The molecule has 7 heteroatoms. The van der Waals surface area contributed by atoms with E-state index >= 15 is 0 Å². The number of aliphatic imine (C=N–C) groups is 1. The number of hydrogen-bond donors (Lipinski definition) is 0. The van der Waals surface area contributed by atoms with Crippen LogP contribution < -0.4 is 0 Å². The van der Waals surface area contributed by atoms with Crippen molar-refractivity contribution in [3.8, 4) is 11.3 Å². The number of aryl methyl sites for hydroxylation is 2. The van der Waals surface area contributed by atoms with Crippen molar-refractivity contribution in [2.75, 3.05) is 19.6 Å². The highest BCUT2D eigenvalue weighted by Gasteiger charge is 2.36. The lowest BCUT2D eigenvalue weighted by molar-refractivity contribution is -0.115. The second-order valence-corrected chi connectivity index (χ2v) is 8.99. The van der Waals surface area contributed by atoms with Crippen LogP contribution in [0.1, 0.15) is 36.8 Å². The van der Waals surface area contributed by atoms with E-state index in [1.165, 1.54) is 12.8 Å². The molecule has 1 aliphatic carbocycles. The third-order valence-corrected chi connectivity index (χ3v) is 6.63. The van der Waals surface area contributed by atoms with Gasteiger partial charge in [0.25, 0.3) is 0 Å². The molecule has 0 amide bonds. The molecule has 5 rings (SSSR count). The molecule has 31 heavy (non-hydrogen) atoms. The molecule has 162 valence electrons. The van der Waals surface area contributed by atoms with Crippen molar-refractivity contribution < 1.29 is 9.32 Å². The van der Waals surface area contributed by atoms with Gasteiger partial charge in [0.1, 0.15) is 17.5 Å². The van der Waals surface area contributed by atoms with Crippen molar-refractivity contribution in [3.63, 3.8) is 0 Å². The van der Waals surface area contributed by atoms with Gasteiger partial charge in [0.15, 0.2) is 5.78 Å². The second-order valence-electron chi connectivity index (χ2n) is 8.99. The van der Waals surface area contributed by atoms with Crippen LogP contribution in [0.4, 0.5) is 0 Å². The lowest BCUT2D eigenvalue weighted by Gasteiger charge is -2.41. The van der Waals surface area contributed by atoms with Crippen molar-refractivity contribution in [1.82, 2.24) is 19.9 Å². The standard InChI is InChI=1S/C24H29N5O2/c1-15-4-5-18(12-25-15)24-21(17(3)31-27-24)11-22-23(30)10-20(13-26-22)28-8-9-29(16(2)14-28)19-6-7-19/h4-5,10,12-13,16,19,22H,6-9,11,14H2,1-3H3/t16-,22?/m1/s1. The summed E-state index contributed by atoms with van der Waals surface area (Å²) in [6.45, 7) is 9.07. The second kappa shape index (κ2) is 8.04. The fraction of sp³-hybridized carbons (Fsp3) is 0.500. The van der Waals surface area contributed by atoms with E-state index in [1.807, 2.05) is 32.2 Å². The summed E-state index contributed by atoms with van der Waals surface area (Å²) in [7, 11) is 0. The number of carbonyl (C=O) groups excluding carboxylic acids is 1. The largest absolute Gasteiger partial charge is 0.367 e. The van der Waals surface area contributed by atoms with Crippen LogP contribution in [-0.4, -0.2) is 69.7 Å². The molecule has 0 aromatic carbocycles. The maximum absolute atomic E-state index is 13.0. The van der Waals surface area contributed by atoms with Crippen molar-refractivity contribution in [2.45, 2.75) is 58.2 Å². The molecule has 7 nitrogen and oxygen atoms in total. The Morgan fingerprint density at radius 3 is 2.71 bits per heavy atom. The molecule has 1 saturated heterocycles. The zero-order valence-corrected chi connectivity index (χ0v) is 18.4. The molecular formula is C24H29N5O2. The molecule has 4 heterocycles. The smallest absolute Gasteiger partial charge is 0.182 e. The number of dihydropyridines is 1. The van der Waals surface area contributed by atoms with E-state index in [0.29, 0.717) is 12.5 Å². The first-order valence-electron chi connectivity index (χ1n) is 11.2. The van der Waals surface area contributed by atoms with Gasteiger partial charge in [0.05, 0.1) is 5.70 Å². The Bertz CT molecular complexity index is 1030. The van der Waals surface area contributed by atoms with E-state index in [1.54, 1.807) is 12.3 Å². The fourth-order valence-electron chi connectivity index (χ4n) is 4.66. The maximum atomic E-state index is 13.0. The van der Waals surface area contributed by atoms with Crippen LogP contribution in [0.5, 0.6) is 0 Å². The molecule has 1 saturated carbocycles. The number of carbonyl (C=O) groups is 1. The number of nitrogens with zero attached hydrogens (tertiary/aromatic N) is 5. The Morgan fingerprint density at radius 1 is 1.19 bits per heavy atom. The topological polar surface area (TPSA) is 74.8 Å². The van der Waals surface area contributed by atoms with Gasteiger partial charge >= 0.3 is 0 Å². The number of pyridine rings is 1. The van der Waals surface area contributed by atoms with Gasteiger partial charge in [-0.1, -0.05) is 5.16 Å². The van der Waals surface area contributed by atoms with E-state index in [0.717, 1.165) is 59.6 Å². The van der Waals surface area contributed by atoms with Gasteiger partial charge in [-0.15, -0.1) is 0 Å². The third kappa shape index (κ3) is 4.06. The SMILES string of the molecule is Cc1ccc(-c2noc(C)c2CC2N=CC(N3CCN(C4CC4)[C@H](C)C3)=CC2=O)cn1. The Morgan fingerprint density at radius 2 is 2.03 bits per heavy atom. The van der Waals surface area contributed by atoms with Crippen LogP contribution in [0.15, 0.2) is 39.6 Å². The lowest BCUT2D eigenvalue weighted by atomic mass is 9.97. The fourth-order valence-corrected chi connectivity index (χ4v) is 4.66. The maximum Gasteiger partial charge on any atom is 0.182 e. The average molecular weight is 420 g/mol. The van der Waals surface area contributed by atoms with Gasteiger partial charge in [-0.25, -0.2) is 0 Å². The van der Waals surface area contributed by atoms with Gasteiger partial charge in [-0.05, 0) is 45.7 Å². The molecule has 0 spiro atoms. The van der Waals surface area contributed by atoms with Gasteiger partial charge in [-0.2, -0.15) is 0 Å². The van der Waals surface area contributed by atoms with Crippen molar-refractivity contribution in [3.05, 3.63) is 47.1 Å². The first-order valence-corrected chi connectivity index (χ1v) is 11.2. The number of ketones is 1. The van der Waals surface area contributed by atoms with Crippen molar-refractivity contribution >= 4 is 12.0 Å². The summed E-state index contributed by atoms with van der Waals surface area (Å²) in [6.07, 6.45) is 8.58. The van der Waals surface area contributed by atoms with Crippen molar-refractivity contribution in [1.29, 1.82) is 0 Å². The zero-order chi connectivity index (χ0) is 21.5. The minimum absolute atomic E-state index is 0.0448. The highest BCUT2D eigenvalue weighted by molar-refractivity contribution is 6.03. The summed E-state index contributed by atoms with van der Waals surface area (Å²) in [6, 6.07) is 4.78. The Balaban J connectivity index is 1.28. The van der Waals surface area contributed by atoms with Crippen LogP contribution in [0.25, 0.3) is 11.3 Å². The third-order valence-electron chi connectivity index (χ3n) is 6.63. The number of hydrogen-bond acceptors (Lipinski definition) is 7. The molecule has 2 aromatic rings. The normalized spacial score (nSPS) is 24.5. The summed E-state index contributed by atoms with van der Waals surface area (Å²) in [5, 5.41) is 4.22. The summed E-state index contributed by atoms with van der Waals surface area (Å²) < 4.78 is 5.45. The summed E-state index contributed by atoms with van der Waals surface area (Å²) in [4.78, 5) is 26.9. The number of aromatic nitrogens is 2. The van der Waals surface area contributed by atoms with Gasteiger partial charge in [0.2, 0.25) is 0 Å². The molecule has 2 atom stereocenters. The van der Waals surface area contributed by atoms with Crippen LogP contribution >= 0.6 is 0 Å². The molecule has 0 N–H and O–H groups in total. The first-order chi connectivity index (χ1) is 15.0. The van der Waals surface area contributed by atoms with Crippen molar-refractivity contribution in [2.24, 2.45) is 4.99 Å². The first kappa shape index (κ1) is 20.1. The number of rotatable bonds is 5. The van der Waals surface area contributed by atoms with Crippen LogP contribution in [0.2, 0.25) is 0 Å². The summed E-state index contributed by atoms with van der Waals surface area (Å²) in [5.41, 5.74) is 4.44. The molecule has 1 unspecified atom stereocenters. The highest BCUT2D eigenvalue weighted by Crippen LogP contribution is 2.31. The number of piperazine rings is 1. The lowest BCUT2D eigenvalue weighted by Crippen LogP contribution is -2.52. The molecule has 2 aromatic heterocycles. The van der Waals surface area contributed by atoms with E-state index in [2.05, 4.69) is 31.9 Å². The molecule has 0 bridgehead atoms. The minimum Gasteiger partial charge on any atom is -0.367 e. The monoisotopic (exact) mass is 419 g/mol. The van der Waals surface area contributed by atoms with Gasteiger partial charge in [-0.3, -0.25) is 19.7 Å². The predicted octanol–water partition coefficient (Wildman–Crippen LogP) is 2.97. The molecule has 2 fully saturated rings. The average Bonchev–Trinajstić information content (AvgIpc) is 3.54. The Labute approximate surface area is 182 Å².